The van der Waals surface area contributed by atoms with Crippen molar-refractivity contribution in [1.29, 1.82) is 0 Å². The molecule has 21 heavy (non-hydrogen) atoms. The molecule has 1 aliphatic heterocycles. The van der Waals surface area contributed by atoms with Gasteiger partial charge in [-0.1, -0.05) is 19.4 Å². The van der Waals surface area contributed by atoms with Crippen LogP contribution in [0.25, 0.3) is 0 Å². The molecule has 0 saturated carbocycles. The number of anilines is 1. The van der Waals surface area contributed by atoms with Gasteiger partial charge in [0.25, 0.3) is 0 Å². The van der Waals surface area contributed by atoms with Gasteiger partial charge in [0.2, 0.25) is 5.91 Å². The predicted octanol–water partition coefficient (Wildman–Crippen LogP) is 3.11. The zero-order valence-corrected chi connectivity index (χ0v) is 13.3. The minimum Gasteiger partial charge on any atom is -0.495 e. The number of methoxy groups -OCH3 is 1. The Bertz CT molecular complexity index is 488. The Morgan fingerprint density at radius 1 is 1.48 bits per heavy atom. The summed E-state index contributed by atoms with van der Waals surface area (Å²) in [5.74, 6) is 0.824. The van der Waals surface area contributed by atoms with E-state index in [1.165, 1.54) is 0 Å². The third-order valence-electron chi connectivity index (χ3n) is 4.29. The Labute approximate surface area is 127 Å². The number of ether oxygens (including phenoxy) is 1. The number of carbonyl (C=O) groups is 1. The summed E-state index contributed by atoms with van der Waals surface area (Å²) in [7, 11) is 1.63. The van der Waals surface area contributed by atoms with Crippen molar-refractivity contribution in [2.45, 2.75) is 39.5 Å². The summed E-state index contributed by atoms with van der Waals surface area (Å²) >= 11 is 0. The van der Waals surface area contributed by atoms with Crippen molar-refractivity contribution in [3.63, 3.8) is 0 Å². The van der Waals surface area contributed by atoms with Crippen LogP contribution in [0.3, 0.4) is 0 Å². The molecule has 0 aliphatic carbocycles. The van der Waals surface area contributed by atoms with Gasteiger partial charge in [0, 0.05) is 6.54 Å². The number of hydrogen-bond acceptors (Lipinski definition) is 3. The van der Waals surface area contributed by atoms with Crippen molar-refractivity contribution in [2.24, 2.45) is 5.41 Å². The molecule has 1 atom stereocenters. The fourth-order valence-corrected chi connectivity index (χ4v) is 3.14. The quantitative estimate of drug-likeness (QED) is 0.876. The van der Waals surface area contributed by atoms with Crippen LogP contribution in [0.4, 0.5) is 5.69 Å². The van der Waals surface area contributed by atoms with Gasteiger partial charge in [-0.2, -0.15) is 0 Å². The molecule has 0 radical (unpaired) electrons. The van der Waals surface area contributed by atoms with E-state index in [4.69, 9.17) is 4.74 Å². The molecular formula is C17H26N2O2. The van der Waals surface area contributed by atoms with Gasteiger partial charge >= 0.3 is 0 Å². The molecule has 1 saturated heterocycles. The van der Waals surface area contributed by atoms with E-state index in [2.05, 4.69) is 17.6 Å². The van der Waals surface area contributed by atoms with Gasteiger partial charge in [0.1, 0.15) is 5.75 Å². The number of carbonyl (C=O) groups excluding carboxylic acids is 1. The maximum Gasteiger partial charge on any atom is 0.231 e. The van der Waals surface area contributed by atoms with E-state index >= 15 is 0 Å². The van der Waals surface area contributed by atoms with E-state index in [0.29, 0.717) is 5.75 Å². The van der Waals surface area contributed by atoms with Gasteiger partial charge < -0.3 is 15.4 Å². The fourth-order valence-electron chi connectivity index (χ4n) is 3.14. The van der Waals surface area contributed by atoms with Crippen molar-refractivity contribution in [3.8, 4) is 5.75 Å². The molecule has 1 fully saturated rings. The third-order valence-corrected chi connectivity index (χ3v) is 4.29. The highest BCUT2D eigenvalue weighted by atomic mass is 16.5. The van der Waals surface area contributed by atoms with Crippen LogP contribution < -0.4 is 15.4 Å². The molecule has 4 heteroatoms. The maximum absolute atomic E-state index is 12.9. The van der Waals surface area contributed by atoms with Gasteiger partial charge in [0.05, 0.1) is 18.2 Å². The van der Waals surface area contributed by atoms with Crippen molar-refractivity contribution < 1.29 is 9.53 Å². The number of piperidine rings is 1. The molecular weight excluding hydrogens is 264 g/mol. The minimum absolute atomic E-state index is 0.112. The summed E-state index contributed by atoms with van der Waals surface area (Å²) in [5, 5.41) is 6.47. The summed E-state index contributed by atoms with van der Waals surface area (Å²) in [5.41, 5.74) is 1.59. The molecule has 116 valence electrons. The lowest BCUT2D eigenvalue weighted by Gasteiger charge is -2.36. The molecule has 0 bridgehead atoms. The maximum atomic E-state index is 12.9. The Morgan fingerprint density at radius 2 is 2.29 bits per heavy atom. The zero-order chi connectivity index (χ0) is 15.3. The number of aryl methyl sites for hydroxylation is 1. The minimum atomic E-state index is -0.290. The van der Waals surface area contributed by atoms with Gasteiger partial charge in [-0.15, -0.1) is 0 Å². The highest BCUT2D eigenvalue weighted by Gasteiger charge is 2.38. The Balaban J connectivity index is 2.20. The van der Waals surface area contributed by atoms with Crippen LogP contribution in [-0.2, 0) is 4.79 Å². The highest BCUT2D eigenvalue weighted by molar-refractivity contribution is 5.97. The Kier molecular flexibility index (Phi) is 5.23. The molecule has 1 aliphatic rings. The van der Waals surface area contributed by atoms with Crippen molar-refractivity contribution in [3.05, 3.63) is 23.8 Å². The van der Waals surface area contributed by atoms with E-state index < -0.39 is 0 Å². The van der Waals surface area contributed by atoms with Crippen LogP contribution in [0.15, 0.2) is 18.2 Å². The number of nitrogens with one attached hydrogen (secondary N) is 2. The van der Waals surface area contributed by atoms with E-state index in [1.807, 2.05) is 25.1 Å². The number of benzene rings is 1. The standard InChI is InChI=1S/C17H26N2O2/c1-4-8-17(9-5-10-18-12-17)16(20)19-14-11-13(2)6-7-15(14)21-3/h6-7,11,18H,4-5,8-10,12H2,1-3H3,(H,19,20). The second-order valence-electron chi connectivity index (χ2n) is 5.97. The number of rotatable bonds is 5. The van der Waals surface area contributed by atoms with Crippen molar-refractivity contribution >= 4 is 11.6 Å². The summed E-state index contributed by atoms with van der Waals surface area (Å²) in [6.45, 7) is 5.92. The lowest BCUT2D eigenvalue weighted by atomic mass is 9.76. The predicted molar refractivity (Wildman–Crippen MR) is 85.8 cm³/mol. The van der Waals surface area contributed by atoms with E-state index in [1.54, 1.807) is 7.11 Å². The molecule has 0 spiro atoms. The molecule has 1 amide bonds. The van der Waals surface area contributed by atoms with Crippen LogP contribution in [0, 0.1) is 12.3 Å². The van der Waals surface area contributed by atoms with E-state index in [9.17, 15) is 4.79 Å². The molecule has 1 unspecified atom stereocenters. The van der Waals surface area contributed by atoms with E-state index in [0.717, 1.165) is 50.0 Å². The van der Waals surface area contributed by atoms with Crippen LogP contribution in [0.1, 0.15) is 38.2 Å². The van der Waals surface area contributed by atoms with Crippen molar-refractivity contribution in [1.82, 2.24) is 5.32 Å². The molecule has 1 heterocycles. The summed E-state index contributed by atoms with van der Waals surface area (Å²) < 4.78 is 5.35. The third kappa shape index (κ3) is 3.56. The smallest absolute Gasteiger partial charge is 0.231 e. The molecule has 4 nitrogen and oxygen atoms in total. The van der Waals surface area contributed by atoms with Gasteiger partial charge in [0.15, 0.2) is 0 Å². The Hall–Kier alpha value is -1.55. The topological polar surface area (TPSA) is 50.4 Å². The zero-order valence-electron chi connectivity index (χ0n) is 13.3. The van der Waals surface area contributed by atoms with Crippen LogP contribution in [0.2, 0.25) is 0 Å². The van der Waals surface area contributed by atoms with Gasteiger partial charge in [-0.05, 0) is 50.4 Å². The first-order chi connectivity index (χ1) is 10.1. The van der Waals surface area contributed by atoms with Gasteiger partial charge in [-0.25, -0.2) is 0 Å². The second-order valence-corrected chi connectivity index (χ2v) is 5.97. The molecule has 2 N–H and O–H groups in total. The van der Waals surface area contributed by atoms with Gasteiger partial charge in [-0.3, -0.25) is 4.79 Å². The highest BCUT2D eigenvalue weighted by Crippen LogP contribution is 2.34. The van der Waals surface area contributed by atoms with E-state index in [-0.39, 0.29) is 11.3 Å². The monoisotopic (exact) mass is 290 g/mol. The Morgan fingerprint density at radius 3 is 2.90 bits per heavy atom. The lowest BCUT2D eigenvalue weighted by molar-refractivity contribution is -0.127. The molecule has 1 aromatic rings. The first kappa shape index (κ1) is 15.8. The normalized spacial score (nSPS) is 21.9. The average molecular weight is 290 g/mol. The summed E-state index contributed by atoms with van der Waals surface area (Å²) in [6.07, 6.45) is 3.94. The first-order valence-corrected chi connectivity index (χ1v) is 7.78. The molecule has 0 aromatic heterocycles. The molecule has 1 aromatic carbocycles. The SMILES string of the molecule is CCCC1(C(=O)Nc2cc(C)ccc2OC)CCCNC1. The van der Waals surface area contributed by atoms with Crippen LogP contribution in [0.5, 0.6) is 5.75 Å². The molecule has 2 rings (SSSR count). The van der Waals surface area contributed by atoms with Crippen LogP contribution >= 0.6 is 0 Å². The summed E-state index contributed by atoms with van der Waals surface area (Å²) in [6, 6.07) is 5.85. The fraction of sp³-hybridized carbons (Fsp3) is 0.588. The average Bonchev–Trinajstić information content (AvgIpc) is 2.49. The number of amides is 1. The lowest BCUT2D eigenvalue weighted by Crippen LogP contribution is -2.48. The van der Waals surface area contributed by atoms with Crippen LogP contribution in [-0.4, -0.2) is 26.1 Å². The largest absolute Gasteiger partial charge is 0.495 e. The summed E-state index contributed by atoms with van der Waals surface area (Å²) in [4.78, 5) is 12.9. The van der Waals surface area contributed by atoms with Crippen molar-refractivity contribution in [2.75, 3.05) is 25.5 Å². The first-order valence-electron chi connectivity index (χ1n) is 7.78. The number of hydrogen-bond donors (Lipinski definition) is 2. The second kappa shape index (κ2) is 6.94.